The number of hydrogen-bond acceptors (Lipinski definition) is 1. The maximum Gasteiger partial charge on any atom is 0.122 e. The van der Waals surface area contributed by atoms with E-state index in [9.17, 15) is 0 Å². The van der Waals surface area contributed by atoms with Gasteiger partial charge in [0.1, 0.15) is 5.75 Å². The number of aryl methyl sites for hydroxylation is 1. The zero-order chi connectivity index (χ0) is 11.5. The molecule has 1 rings (SSSR count). The number of methoxy groups -OCH3 is 1. The molecular formula is C14H22O. The molecule has 0 aliphatic rings. The molecule has 0 fully saturated rings. The minimum atomic E-state index is 0.350. The monoisotopic (exact) mass is 206 g/mol. The fourth-order valence-electron chi connectivity index (χ4n) is 1.64. The van der Waals surface area contributed by atoms with Crippen molar-refractivity contribution in [3.8, 4) is 5.75 Å². The summed E-state index contributed by atoms with van der Waals surface area (Å²) in [6, 6.07) is 6.45. The van der Waals surface area contributed by atoms with Gasteiger partial charge in [0.15, 0.2) is 0 Å². The van der Waals surface area contributed by atoms with E-state index in [0.717, 1.165) is 12.2 Å². The van der Waals surface area contributed by atoms with Crippen molar-refractivity contribution >= 4 is 0 Å². The first-order valence-electron chi connectivity index (χ1n) is 5.62. The van der Waals surface area contributed by atoms with Gasteiger partial charge in [-0.25, -0.2) is 0 Å². The lowest BCUT2D eigenvalue weighted by Gasteiger charge is -2.23. The van der Waals surface area contributed by atoms with Gasteiger partial charge in [0, 0.05) is 0 Å². The van der Waals surface area contributed by atoms with E-state index in [1.54, 1.807) is 7.11 Å². The maximum atomic E-state index is 5.42. The van der Waals surface area contributed by atoms with Gasteiger partial charge < -0.3 is 4.74 Å². The summed E-state index contributed by atoms with van der Waals surface area (Å²) in [5.41, 5.74) is 2.92. The van der Waals surface area contributed by atoms with Crippen LogP contribution in [0, 0.1) is 12.3 Å². The summed E-state index contributed by atoms with van der Waals surface area (Å²) >= 11 is 0. The largest absolute Gasteiger partial charge is 0.496 e. The second kappa shape index (κ2) is 4.69. The molecule has 0 heterocycles. The van der Waals surface area contributed by atoms with Crippen molar-refractivity contribution in [2.24, 2.45) is 5.41 Å². The standard InChI is InChI=1S/C14H22O/c1-6-14(3,4)10-12-8-7-11(2)9-13(12)15-5/h7-9H,6,10H2,1-5H3. The smallest absolute Gasteiger partial charge is 0.122 e. The van der Waals surface area contributed by atoms with Crippen LogP contribution in [-0.2, 0) is 6.42 Å². The molecule has 0 radical (unpaired) electrons. The highest BCUT2D eigenvalue weighted by Gasteiger charge is 2.17. The summed E-state index contributed by atoms with van der Waals surface area (Å²) in [5, 5.41) is 0. The van der Waals surface area contributed by atoms with Crippen molar-refractivity contribution in [3.63, 3.8) is 0 Å². The minimum absolute atomic E-state index is 0.350. The highest BCUT2D eigenvalue weighted by molar-refractivity contribution is 5.37. The normalized spacial score (nSPS) is 11.5. The van der Waals surface area contributed by atoms with E-state index in [2.05, 4.69) is 45.9 Å². The van der Waals surface area contributed by atoms with Crippen LogP contribution in [0.5, 0.6) is 5.75 Å². The zero-order valence-electron chi connectivity index (χ0n) is 10.6. The summed E-state index contributed by atoms with van der Waals surface area (Å²) in [6.07, 6.45) is 2.26. The zero-order valence-corrected chi connectivity index (χ0v) is 10.6. The first kappa shape index (κ1) is 12.1. The van der Waals surface area contributed by atoms with Crippen LogP contribution in [0.3, 0.4) is 0 Å². The lowest BCUT2D eigenvalue weighted by Crippen LogP contribution is -2.14. The average molecular weight is 206 g/mol. The van der Waals surface area contributed by atoms with Crippen molar-refractivity contribution in [2.45, 2.75) is 40.5 Å². The third-order valence-corrected chi connectivity index (χ3v) is 3.07. The Hall–Kier alpha value is -0.980. The van der Waals surface area contributed by atoms with E-state index >= 15 is 0 Å². The van der Waals surface area contributed by atoms with Crippen molar-refractivity contribution < 1.29 is 4.74 Å². The highest BCUT2D eigenvalue weighted by Crippen LogP contribution is 2.30. The third-order valence-electron chi connectivity index (χ3n) is 3.07. The molecule has 1 aromatic rings. The molecule has 1 nitrogen and oxygen atoms in total. The SMILES string of the molecule is CCC(C)(C)Cc1ccc(C)cc1OC. The van der Waals surface area contributed by atoms with E-state index in [0.29, 0.717) is 5.41 Å². The third kappa shape index (κ3) is 3.26. The summed E-state index contributed by atoms with van der Waals surface area (Å²) < 4.78 is 5.42. The predicted octanol–water partition coefficient (Wildman–Crippen LogP) is 3.98. The Labute approximate surface area is 93.5 Å². The first-order valence-corrected chi connectivity index (χ1v) is 5.62. The highest BCUT2D eigenvalue weighted by atomic mass is 16.5. The van der Waals surface area contributed by atoms with Gasteiger partial charge in [-0.3, -0.25) is 0 Å². The number of hydrogen-bond donors (Lipinski definition) is 0. The molecule has 15 heavy (non-hydrogen) atoms. The van der Waals surface area contributed by atoms with Crippen molar-refractivity contribution in [1.29, 1.82) is 0 Å². The van der Waals surface area contributed by atoms with Gasteiger partial charge in [-0.05, 0) is 36.0 Å². The molecule has 0 unspecified atom stereocenters. The van der Waals surface area contributed by atoms with Crippen LogP contribution in [-0.4, -0.2) is 7.11 Å². The van der Waals surface area contributed by atoms with E-state index < -0.39 is 0 Å². The van der Waals surface area contributed by atoms with E-state index in [4.69, 9.17) is 4.74 Å². The van der Waals surface area contributed by atoms with Crippen molar-refractivity contribution in [3.05, 3.63) is 29.3 Å². The number of benzene rings is 1. The van der Waals surface area contributed by atoms with E-state index in [1.807, 2.05) is 0 Å². The molecule has 1 heteroatoms. The van der Waals surface area contributed by atoms with Gasteiger partial charge in [-0.15, -0.1) is 0 Å². The molecular weight excluding hydrogens is 184 g/mol. The Morgan fingerprint density at radius 2 is 1.93 bits per heavy atom. The van der Waals surface area contributed by atoms with Crippen LogP contribution in [0.2, 0.25) is 0 Å². The van der Waals surface area contributed by atoms with Crippen LogP contribution in [0.1, 0.15) is 38.3 Å². The Balaban J connectivity index is 2.94. The lowest BCUT2D eigenvalue weighted by molar-refractivity contribution is 0.337. The molecule has 0 bridgehead atoms. The topological polar surface area (TPSA) is 9.23 Å². The van der Waals surface area contributed by atoms with Crippen LogP contribution in [0.15, 0.2) is 18.2 Å². The fraction of sp³-hybridized carbons (Fsp3) is 0.571. The Kier molecular flexibility index (Phi) is 3.78. The fourth-order valence-corrected chi connectivity index (χ4v) is 1.64. The van der Waals surface area contributed by atoms with Gasteiger partial charge >= 0.3 is 0 Å². The first-order chi connectivity index (χ1) is 6.98. The maximum absolute atomic E-state index is 5.42. The van der Waals surface area contributed by atoms with Gasteiger partial charge in [-0.2, -0.15) is 0 Å². The molecule has 0 saturated carbocycles. The molecule has 0 atom stereocenters. The van der Waals surface area contributed by atoms with Crippen LogP contribution in [0.25, 0.3) is 0 Å². The molecule has 0 aliphatic carbocycles. The summed E-state index contributed by atoms with van der Waals surface area (Å²) in [7, 11) is 1.75. The molecule has 0 saturated heterocycles. The molecule has 0 spiro atoms. The Bertz CT molecular complexity index is 326. The lowest BCUT2D eigenvalue weighted by atomic mass is 9.83. The quantitative estimate of drug-likeness (QED) is 0.724. The molecule has 84 valence electrons. The molecule has 0 aromatic heterocycles. The second-order valence-corrected chi connectivity index (χ2v) is 5.01. The second-order valence-electron chi connectivity index (χ2n) is 5.01. The average Bonchev–Trinajstić information content (AvgIpc) is 2.20. The number of rotatable bonds is 4. The molecule has 0 aliphatic heterocycles. The minimum Gasteiger partial charge on any atom is -0.496 e. The molecule has 1 aromatic carbocycles. The summed E-state index contributed by atoms with van der Waals surface area (Å²) in [4.78, 5) is 0. The Morgan fingerprint density at radius 3 is 2.47 bits per heavy atom. The van der Waals surface area contributed by atoms with Gasteiger partial charge in [0.25, 0.3) is 0 Å². The van der Waals surface area contributed by atoms with Gasteiger partial charge in [0.05, 0.1) is 7.11 Å². The van der Waals surface area contributed by atoms with E-state index in [-0.39, 0.29) is 0 Å². The van der Waals surface area contributed by atoms with Crippen LogP contribution < -0.4 is 4.74 Å². The van der Waals surface area contributed by atoms with Crippen molar-refractivity contribution in [1.82, 2.24) is 0 Å². The molecule has 0 N–H and O–H groups in total. The van der Waals surface area contributed by atoms with E-state index in [1.165, 1.54) is 17.5 Å². The van der Waals surface area contributed by atoms with Crippen LogP contribution in [0.4, 0.5) is 0 Å². The Morgan fingerprint density at radius 1 is 1.27 bits per heavy atom. The van der Waals surface area contributed by atoms with Crippen LogP contribution >= 0.6 is 0 Å². The van der Waals surface area contributed by atoms with Gasteiger partial charge in [0.2, 0.25) is 0 Å². The summed E-state index contributed by atoms with van der Waals surface area (Å²) in [6.45, 7) is 8.93. The van der Waals surface area contributed by atoms with Crippen molar-refractivity contribution in [2.75, 3.05) is 7.11 Å². The predicted molar refractivity (Wildman–Crippen MR) is 65.5 cm³/mol. The molecule has 0 amide bonds. The van der Waals surface area contributed by atoms with Gasteiger partial charge in [-0.1, -0.05) is 39.3 Å². The summed E-state index contributed by atoms with van der Waals surface area (Å²) in [5.74, 6) is 1.02. The number of ether oxygens (including phenoxy) is 1.